The monoisotopic (exact) mass is 537 g/mol. The summed E-state index contributed by atoms with van der Waals surface area (Å²) < 4.78 is 18.3. The molecule has 1 aliphatic heterocycles. The van der Waals surface area contributed by atoms with Gasteiger partial charge >= 0.3 is 18.9 Å². The van der Waals surface area contributed by atoms with Gasteiger partial charge in [0.15, 0.2) is 0 Å². The van der Waals surface area contributed by atoms with Gasteiger partial charge in [0.05, 0.1) is 22.2 Å². The zero-order valence-electron chi connectivity index (χ0n) is 23.0. The van der Waals surface area contributed by atoms with E-state index in [0.717, 1.165) is 27.7 Å². The summed E-state index contributed by atoms with van der Waals surface area (Å²) in [4.78, 5) is 30.2. The van der Waals surface area contributed by atoms with Crippen molar-refractivity contribution in [1.82, 2.24) is 15.3 Å². The number of aromatic amines is 2. The summed E-state index contributed by atoms with van der Waals surface area (Å²) in [5.41, 5.74) is 6.29. The van der Waals surface area contributed by atoms with Crippen LogP contribution in [0.2, 0.25) is 0 Å². The van der Waals surface area contributed by atoms with Gasteiger partial charge in [0, 0.05) is 12.5 Å². The van der Waals surface area contributed by atoms with E-state index >= 15 is 0 Å². The molecule has 1 aromatic heterocycles. The van der Waals surface area contributed by atoms with E-state index in [9.17, 15) is 9.59 Å². The Bertz CT molecular complexity index is 1620. The normalized spacial score (nSPS) is 17.6. The van der Waals surface area contributed by atoms with Gasteiger partial charge in [-0.3, -0.25) is 0 Å². The van der Waals surface area contributed by atoms with Gasteiger partial charge in [-0.1, -0.05) is 60.7 Å². The van der Waals surface area contributed by atoms with Crippen molar-refractivity contribution in [3.63, 3.8) is 0 Å². The third kappa shape index (κ3) is 4.76. The van der Waals surface area contributed by atoms with Crippen molar-refractivity contribution in [3.8, 4) is 11.1 Å². The van der Waals surface area contributed by atoms with Gasteiger partial charge in [-0.15, -0.1) is 0 Å². The first-order chi connectivity index (χ1) is 19.1. The Labute approximate surface area is 232 Å². The van der Waals surface area contributed by atoms with Crippen LogP contribution in [0.5, 0.6) is 0 Å². The highest BCUT2D eigenvalue weighted by Crippen LogP contribution is 2.44. The number of ether oxygens (including phenoxy) is 1. The van der Waals surface area contributed by atoms with Gasteiger partial charge < -0.3 is 29.3 Å². The lowest BCUT2D eigenvalue weighted by Crippen LogP contribution is -2.41. The number of carbonyl (C=O) groups is 1. The number of H-pyrrole nitrogens is 2. The maximum atomic E-state index is 12.9. The number of alkyl carbamates (subject to hydrolysis) is 1. The summed E-state index contributed by atoms with van der Waals surface area (Å²) in [5, 5.41) is 2.89. The average molecular weight is 537 g/mol. The van der Waals surface area contributed by atoms with Crippen LogP contribution in [-0.2, 0) is 14.0 Å². The van der Waals surface area contributed by atoms with Crippen molar-refractivity contribution < 1.29 is 18.8 Å². The molecule has 8 nitrogen and oxygen atoms in total. The summed E-state index contributed by atoms with van der Waals surface area (Å²) in [6.07, 6.45) is 1.39. The van der Waals surface area contributed by atoms with Crippen LogP contribution in [0.25, 0.3) is 28.2 Å². The minimum Gasteiger partial charge on any atom is -0.449 e. The van der Waals surface area contributed by atoms with E-state index in [-0.39, 0.29) is 24.8 Å². The van der Waals surface area contributed by atoms with Crippen LogP contribution in [0.15, 0.2) is 77.0 Å². The van der Waals surface area contributed by atoms with Crippen LogP contribution in [-0.4, -0.2) is 47.5 Å². The first-order valence-electron chi connectivity index (χ1n) is 13.5. The van der Waals surface area contributed by atoms with Gasteiger partial charge in [0.2, 0.25) is 0 Å². The second kappa shape index (κ2) is 9.84. The van der Waals surface area contributed by atoms with Crippen molar-refractivity contribution in [2.75, 3.05) is 13.2 Å². The quantitative estimate of drug-likeness (QED) is 0.286. The molecule has 1 fully saturated rings. The maximum Gasteiger partial charge on any atom is 0.492 e. The lowest BCUT2D eigenvalue weighted by Gasteiger charge is -2.32. The Balaban J connectivity index is 1.19. The van der Waals surface area contributed by atoms with Crippen LogP contribution >= 0.6 is 0 Å². The highest BCUT2D eigenvalue weighted by atomic mass is 16.7. The van der Waals surface area contributed by atoms with Gasteiger partial charge in [-0.05, 0) is 73.1 Å². The molecule has 9 heteroatoms. The molecule has 40 heavy (non-hydrogen) atoms. The first-order valence-corrected chi connectivity index (χ1v) is 13.5. The highest BCUT2D eigenvalue weighted by molar-refractivity contribution is 6.56. The lowest BCUT2D eigenvalue weighted by molar-refractivity contribution is 0.00578. The zero-order valence-corrected chi connectivity index (χ0v) is 23.0. The molecule has 6 rings (SSSR count). The molecular formula is C31H32BN3O5. The third-order valence-corrected chi connectivity index (χ3v) is 8.23. The van der Waals surface area contributed by atoms with Crippen molar-refractivity contribution in [1.29, 1.82) is 0 Å². The fraction of sp³-hybridized carbons (Fsp3) is 0.290. The fourth-order valence-electron chi connectivity index (χ4n) is 5.37. The molecule has 4 aromatic rings. The van der Waals surface area contributed by atoms with Gasteiger partial charge in [0.25, 0.3) is 0 Å². The minimum absolute atomic E-state index is 0.0218. The molecule has 2 heterocycles. The molecule has 0 bridgehead atoms. The Morgan fingerprint density at radius 1 is 0.925 bits per heavy atom. The molecule has 1 amide bonds. The van der Waals surface area contributed by atoms with E-state index in [2.05, 4.69) is 39.6 Å². The van der Waals surface area contributed by atoms with Crippen molar-refractivity contribution >= 4 is 30.3 Å². The summed E-state index contributed by atoms with van der Waals surface area (Å²) in [7, 11) is -0.667. The number of amides is 1. The molecular weight excluding hydrogens is 505 g/mol. The van der Waals surface area contributed by atoms with E-state index in [1.807, 2.05) is 76.2 Å². The molecule has 3 N–H and O–H groups in total. The lowest BCUT2D eigenvalue weighted by atomic mass is 9.77. The largest absolute Gasteiger partial charge is 0.492 e. The number of nitrogens with one attached hydrogen (secondary N) is 3. The Hall–Kier alpha value is -4.08. The highest BCUT2D eigenvalue weighted by Gasteiger charge is 2.52. The number of carbonyl (C=O) groups excluding carboxylic acids is 1. The number of benzene rings is 3. The standard InChI is InChI=1S/C31H32BN3O5/c1-30(2)31(3,4)40-32(39-30)20(15-19-13-14-26-27(16-19)35-28(36)34-26)17-33-29(37)38-18-25-23-11-7-5-9-21(23)22-10-6-8-12-24(22)25/h5-16,25H,17-18H2,1-4H3,(H,33,37)(H2,34,35,36). The molecule has 0 spiro atoms. The van der Waals surface area contributed by atoms with Crippen molar-refractivity contribution in [2.24, 2.45) is 0 Å². The predicted octanol–water partition coefficient (Wildman–Crippen LogP) is 5.41. The number of hydrogen-bond donors (Lipinski definition) is 3. The molecule has 1 saturated heterocycles. The molecule has 0 unspecified atom stereocenters. The predicted molar refractivity (Wildman–Crippen MR) is 156 cm³/mol. The average Bonchev–Trinajstić information content (AvgIpc) is 3.52. The zero-order chi connectivity index (χ0) is 28.1. The molecule has 3 aromatic carbocycles. The van der Waals surface area contributed by atoms with Crippen LogP contribution in [0.1, 0.15) is 50.3 Å². The molecule has 0 atom stereocenters. The first kappa shape index (κ1) is 26.2. The van der Waals surface area contributed by atoms with Crippen molar-refractivity contribution in [2.45, 2.75) is 44.8 Å². The number of hydrogen-bond acceptors (Lipinski definition) is 5. The van der Waals surface area contributed by atoms with Crippen molar-refractivity contribution in [3.05, 3.63) is 99.4 Å². The van der Waals surface area contributed by atoms with Crippen LogP contribution < -0.4 is 11.0 Å². The number of fused-ring (bicyclic) bond motifs is 4. The number of aromatic nitrogens is 2. The molecule has 204 valence electrons. The van der Waals surface area contributed by atoms with Gasteiger partial charge in [-0.2, -0.15) is 0 Å². The van der Waals surface area contributed by atoms with Gasteiger partial charge in [0.1, 0.15) is 6.61 Å². The van der Waals surface area contributed by atoms with Gasteiger partial charge in [-0.25, -0.2) is 9.59 Å². The second-order valence-corrected chi connectivity index (χ2v) is 11.4. The fourth-order valence-corrected chi connectivity index (χ4v) is 5.37. The van der Waals surface area contributed by atoms with Crippen LogP contribution in [0.4, 0.5) is 4.79 Å². The molecule has 1 aliphatic carbocycles. The Morgan fingerprint density at radius 3 is 2.17 bits per heavy atom. The van der Waals surface area contributed by atoms with Crippen LogP contribution in [0.3, 0.4) is 0 Å². The topological polar surface area (TPSA) is 105 Å². The van der Waals surface area contributed by atoms with E-state index in [1.165, 1.54) is 11.1 Å². The van der Waals surface area contributed by atoms with E-state index in [4.69, 9.17) is 14.0 Å². The Kier molecular flexibility index (Phi) is 6.43. The Morgan fingerprint density at radius 2 is 1.52 bits per heavy atom. The minimum atomic E-state index is -0.667. The second-order valence-electron chi connectivity index (χ2n) is 11.4. The number of rotatable bonds is 6. The summed E-state index contributed by atoms with van der Waals surface area (Å²) in [5.74, 6) is -0.0218. The molecule has 0 radical (unpaired) electrons. The summed E-state index contributed by atoms with van der Waals surface area (Å²) in [6, 6.07) is 22.1. The van der Waals surface area contributed by atoms with E-state index in [1.54, 1.807) is 0 Å². The van der Waals surface area contributed by atoms with Crippen LogP contribution in [0, 0.1) is 0 Å². The van der Waals surface area contributed by atoms with E-state index < -0.39 is 24.4 Å². The van der Waals surface area contributed by atoms with E-state index in [0.29, 0.717) is 5.52 Å². The third-order valence-electron chi connectivity index (χ3n) is 8.23. The smallest absolute Gasteiger partial charge is 0.449 e. The summed E-state index contributed by atoms with van der Waals surface area (Å²) >= 11 is 0. The maximum absolute atomic E-state index is 12.9. The molecule has 2 aliphatic rings. The number of imidazole rings is 1. The SMILES string of the molecule is CC1(C)OB(C(=Cc2ccc3[nH]c(=O)[nH]c3c2)CNC(=O)OCC2c3ccccc3-c3ccccc32)OC1(C)C. The molecule has 0 saturated carbocycles. The summed E-state index contributed by atoms with van der Waals surface area (Å²) in [6.45, 7) is 8.34.